The van der Waals surface area contributed by atoms with Gasteiger partial charge in [-0.25, -0.2) is 4.98 Å². The minimum absolute atomic E-state index is 0.804. The third-order valence-electron chi connectivity index (χ3n) is 2.15. The van der Waals surface area contributed by atoms with Gasteiger partial charge in [0, 0.05) is 16.6 Å². The lowest BCUT2D eigenvalue weighted by Crippen LogP contribution is -1.88. The van der Waals surface area contributed by atoms with E-state index < -0.39 is 0 Å². The Balaban J connectivity index is 2.52. The highest BCUT2D eigenvalue weighted by atomic mass is 32.1. The molecule has 0 saturated heterocycles. The zero-order valence-corrected chi connectivity index (χ0v) is 9.06. The van der Waals surface area contributed by atoms with Crippen LogP contribution < -0.4 is 5.73 Å². The SMILES string of the molecule is Cc1nc(-c2ccc(N)cc2C)cs1. The summed E-state index contributed by atoms with van der Waals surface area (Å²) in [6, 6.07) is 5.92. The third-order valence-corrected chi connectivity index (χ3v) is 2.92. The second-order valence-corrected chi connectivity index (χ2v) is 4.39. The fourth-order valence-electron chi connectivity index (χ4n) is 1.46. The van der Waals surface area contributed by atoms with Gasteiger partial charge in [-0.15, -0.1) is 11.3 Å². The number of rotatable bonds is 1. The largest absolute Gasteiger partial charge is 0.399 e. The van der Waals surface area contributed by atoms with Gasteiger partial charge in [0.25, 0.3) is 0 Å². The lowest BCUT2D eigenvalue weighted by Gasteiger charge is -2.03. The molecule has 2 rings (SSSR count). The topological polar surface area (TPSA) is 38.9 Å². The van der Waals surface area contributed by atoms with Crippen molar-refractivity contribution in [3.63, 3.8) is 0 Å². The molecule has 0 aliphatic rings. The van der Waals surface area contributed by atoms with Crippen LogP contribution in [0.1, 0.15) is 10.6 Å². The molecule has 14 heavy (non-hydrogen) atoms. The first-order valence-electron chi connectivity index (χ1n) is 4.45. The summed E-state index contributed by atoms with van der Waals surface area (Å²) in [5, 5.41) is 3.17. The molecule has 0 radical (unpaired) electrons. The first-order valence-corrected chi connectivity index (χ1v) is 5.33. The van der Waals surface area contributed by atoms with E-state index in [0.717, 1.165) is 16.4 Å². The van der Waals surface area contributed by atoms with Gasteiger partial charge >= 0.3 is 0 Å². The Hall–Kier alpha value is -1.35. The molecule has 0 aliphatic carbocycles. The number of aromatic nitrogens is 1. The molecule has 1 heterocycles. The van der Waals surface area contributed by atoms with E-state index in [9.17, 15) is 0 Å². The van der Waals surface area contributed by atoms with E-state index >= 15 is 0 Å². The minimum Gasteiger partial charge on any atom is -0.399 e. The highest BCUT2D eigenvalue weighted by Crippen LogP contribution is 2.25. The molecule has 1 aromatic carbocycles. The fourth-order valence-corrected chi connectivity index (χ4v) is 2.07. The van der Waals surface area contributed by atoms with Gasteiger partial charge in [-0.1, -0.05) is 6.07 Å². The lowest BCUT2D eigenvalue weighted by molar-refractivity contribution is 1.29. The zero-order chi connectivity index (χ0) is 10.1. The van der Waals surface area contributed by atoms with Crippen LogP contribution >= 0.6 is 11.3 Å². The van der Waals surface area contributed by atoms with Crippen molar-refractivity contribution in [3.05, 3.63) is 34.2 Å². The van der Waals surface area contributed by atoms with Crippen LogP contribution in [0.15, 0.2) is 23.6 Å². The Kier molecular flexibility index (Phi) is 2.25. The molecule has 0 spiro atoms. The van der Waals surface area contributed by atoms with Crippen molar-refractivity contribution in [2.75, 3.05) is 5.73 Å². The number of anilines is 1. The molecule has 0 saturated carbocycles. The van der Waals surface area contributed by atoms with E-state index in [1.807, 2.05) is 25.1 Å². The van der Waals surface area contributed by atoms with Gasteiger partial charge in [0.2, 0.25) is 0 Å². The van der Waals surface area contributed by atoms with E-state index in [1.165, 1.54) is 11.1 Å². The average Bonchev–Trinajstić information content (AvgIpc) is 2.51. The molecule has 2 nitrogen and oxygen atoms in total. The first-order chi connectivity index (χ1) is 6.66. The molecule has 0 aliphatic heterocycles. The fraction of sp³-hybridized carbons (Fsp3) is 0.182. The van der Waals surface area contributed by atoms with Crippen LogP contribution in [-0.2, 0) is 0 Å². The van der Waals surface area contributed by atoms with Crippen molar-refractivity contribution in [1.29, 1.82) is 0 Å². The van der Waals surface area contributed by atoms with Gasteiger partial charge in [-0.05, 0) is 31.5 Å². The molecule has 2 N–H and O–H groups in total. The molecular weight excluding hydrogens is 192 g/mol. The second kappa shape index (κ2) is 3.42. The molecule has 0 amide bonds. The summed E-state index contributed by atoms with van der Waals surface area (Å²) in [6.45, 7) is 4.07. The van der Waals surface area contributed by atoms with Gasteiger partial charge in [-0.2, -0.15) is 0 Å². The van der Waals surface area contributed by atoms with Gasteiger partial charge < -0.3 is 5.73 Å². The van der Waals surface area contributed by atoms with E-state index in [0.29, 0.717) is 0 Å². The van der Waals surface area contributed by atoms with E-state index in [-0.39, 0.29) is 0 Å². The number of nitrogens with zero attached hydrogens (tertiary/aromatic N) is 1. The normalized spacial score (nSPS) is 10.4. The molecule has 0 atom stereocenters. The van der Waals surface area contributed by atoms with Crippen LogP contribution in [0.25, 0.3) is 11.3 Å². The van der Waals surface area contributed by atoms with E-state index in [2.05, 4.69) is 17.3 Å². The van der Waals surface area contributed by atoms with Crippen LogP contribution in [-0.4, -0.2) is 4.98 Å². The summed E-state index contributed by atoms with van der Waals surface area (Å²) in [5.41, 5.74) is 9.89. The number of nitrogens with two attached hydrogens (primary N) is 1. The zero-order valence-electron chi connectivity index (χ0n) is 8.24. The van der Waals surface area contributed by atoms with Crippen LogP contribution in [0, 0.1) is 13.8 Å². The van der Waals surface area contributed by atoms with Gasteiger partial charge in [0.1, 0.15) is 0 Å². The number of hydrogen-bond acceptors (Lipinski definition) is 3. The lowest BCUT2D eigenvalue weighted by atomic mass is 10.1. The Bertz CT molecular complexity index is 460. The van der Waals surface area contributed by atoms with Crippen molar-refractivity contribution >= 4 is 17.0 Å². The van der Waals surface area contributed by atoms with Crippen LogP contribution in [0.3, 0.4) is 0 Å². The summed E-state index contributed by atoms with van der Waals surface area (Å²) in [7, 11) is 0. The Labute approximate surface area is 87.4 Å². The monoisotopic (exact) mass is 204 g/mol. The van der Waals surface area contributed by atoms with Gasteiger partial charge in [0.15, 0.2) is 0 Å². The summed E-state index contributed by atoms with van der Waals surface area (Å²) in [4.78, 5) is 4.45. The van der Waals surface area contributed by atoms with Crippen molar-refractivity contribution in [3.8, 4) is 11.3 Å². The minimum atomic E-state index is 0.804. The van der Waals surface area contributed by atoms with Crippen molar-refractivity contribution in [2.45, 2.75) is 13.8 Å². The maximum Gasteiger partial charge on any atom is 0.0901 e. The highest BCUT2D eigenvalue weighted by molar-refractivity contribution is 7.09. The number of nitrogen functional groups attached to an aromatic ring is 1. The van der Waals surface area contributed by atoms with E-state index in [4.69, 9.17) is 5.73 Å². The van der Waals surface area contributed by atoms with Crippen molar-refractivity contribution in [1.82, 2.24) is 4.98 Å². The number of hydrogen-bond donors (Lipinski definition) is 1. The predicted octanol–water partition coefficient (Wildman–Crippen LogP) is 3.01. The van der Waals surface area contributed by atoms with Crippen LogP contribution in [0.2, 0.25) is 0 Å². The molecule has 3 heteroatoms. The number of thiazole rings is 1. The third kappa shape index (κ3) is 1.63. The highest BCUT2D eigenvalue weighted by Gasteiger charge is 2.04. The smallest absolute Gasteiger partial charge is 0.0901 e. The Morgan fingerprint density at radius 1 is 1.29 bits per heavy atom. The summed E-state index contributed by atoms with van der Waals surface area (Å²) in [6.07, 6.45) is 0. The summed E-state index contributed by atoms with van der Waals surface area (Å²) in [5.74, 6) is 0. The first kappa shape index (κ1) is 9.21. The van der Waals surface area contributed by atoms with Crippen LogP contribution in [0.4, 0.5) is 5.69 Å². The van der Waals surface area contributed by atoms with Crippen LogP contribution in [0.5, 0.6) is 0 Å². The summed E-state index contributed by atoms with van der Waals surface area (Å²) < 4.78 is 0. The summed E-state index contributed by atoms with van der Waals surface area (Å²) >= 11 is 1.67. The second-order valence-electron chi connectivity index (χ2n) is 3.33. The maximum atomic E-state index is 5.69. The molecular formula is C11H12N2S. The van der Waals surface area contributed by atoms with Crippen molar-refractivity contribution < 1.29 is 0 Å². The standard InChI is InChI=1S/C11H12N2S/c1-7-5-9(12)3-4-10(7)11-6-14-8(2)13-11/h3-6H,12H2,1-2H3. The van der Waals surface area contributed by atoms with E-state index in [1.54, 1.807) is 11.3 Å². The molecule has 0 fully saturated rings. The quantitative estimate of drug-likeness (QED) is 0.725. The average molecular weight is 204 g/mol. The molecule has 2 aromatic rings. The predicted molar refractivity (Wildman–Crippen MR) is 61.4 cm³/mol. The van der Waals surface area contributed by atoms with Crippen molar-refractivity contribution in [2.24, 2.45) is 0 Å². The Morgan fingerprint density at radius 2 is 2.07 bits per heavy atom. The molecule has 0 bridgehead atoms. The number of aryl methyl sites for hydroxylation is 2. The maximum absolute atomic E-state index is 5.69. The molecule has 1 aromatic heterocycles. The molecule has 72 valence electrons. The number of benzene rings is 1. The van der Waals surface area contributed by atoms with Gasteiger partial charge in [0.05, 0.1) is 10.7 Å². The molecule has 0 unspecified atom stereocenters. The van der Waals surface area contributed by atoms with Gasteiger partial charge in [-0.3, -0.25) is 0 Å². The Morgan fingerprint density at radius 3 is 2.64 bits per heavy atom.